The number of aromatic nitrogens is 1. The van der Waals surface area contributed by atoms with Crippen LogP contribution in [0.25, 0.3) is 11.0 Å². The molecule has 8 heteroatoms. The lowest BCUT2D eigenvalue weighted by Crippen LogP contribution is -2.57. The quantitative estimate of drug-likeness (QED) is 0.516. The molecule has 0 aliphatic carbocycles. The van der Waals surface area contributed by atoms with Crippen LogP contribution in [-0.4, -0.2) is 40.5 Å². The maximum atomic E-state index is 13.6. The van der Waals surface area contributed by atoms with E-state index in [0.29, 0.717) is 49.1 Å². The Kier molecular flexibility index (Phi) is 7.41. The Morgan fingerprint density at radius 2 is 1.81 bits per heavy atom. The van der Waals surface area contributed by atoms with Crippen LogP contribution in [0, 0.1) is 16.7 Å². The van der Waals surface area contributed by atoms with Crippen LogP contribution in [0.4, 0.5) is 5.82 Å². The number of carbonyl (C=O) groups excluding carboxylic acids is 1. The van der Waals surface area contributed by atoms with Crippen LogP contribution in [-0.2, 0) is 11.3 Å². The Bertz CT molecular complexity index is 1300. The highest BCUT2D eigenvalue weighted by molar-refractivity contribution is 5.91. The summed E-state index contributed by atoms with van der Waals surface area (Å²) in [4.78, 5) is 31.9. The van der Waals surface area contributed by atoms with Crippen LogP contribution < -0.4 is 16.4 Å². The van der Waals surface area contributed by atoms with Gasteiger partial charge in [-0.2, -0.15) is 10.2 Å². The van der Waals surface area contributed by atoms with Crippen LogP contribution in [0.15, 0.2) is 63.8 Å². The van der Waals surface area contributed by atoms with E-state index in [-0.39, 0.29) is 11.3 Å². The van der Waals surface area contributed by atoms with E-state index in [1.807, 2.05) is 45.0 Å². The van der Waals surface area contributed by atoms with Crippen LogP contribution >= 0.6 is 0 Å². The van der Waals surface area contributed by atoms with Crippen LogP contribution in [0.3, 0.4) is 0 Å². The van der Waals surface area contributed by atoms with Gasteiger partial charge in [-0.25, -0.2) is 4.79 Å². The number of hydrogen-bond donors (Lipinski definition) is 2. The number of amides is 1. The lowest BCUT2D eigenvalue weighted by molar-refractivity contribution is -0.124. The fraction of sp³-hybridized carbons (Fsp3) is 0.429. The predicted octanol–water partition coefficient (Wildman–Crippen LogP) is 4.08. The zero-order valence-corrected chi connectivity index (χ0v) is 21.1. The molecule has 8 nitrogen and oxygen atoms in total. The van der Waals surface area contributed by atoms with Crippen LogP contribution in [0.5, 0.6) is 0 Å². The summed E-state index contributed by atoms with van der Waals surface area (Å²) in [6, 6.07) is 19.0. The van der Waals surface area contributed by atoms with E-state index in [1.54, 1.807) is 18.2 Å². The molecule has 0 unspecified atom stereocenters. The Morgan fingerprint density at radius 3 is 2.47 bits per heavy atom. The molecule has 4 rings (SSSR count). The summed E-state index contributed by atoms with van der Waals surface area (Å²) >= 11 is 0. The second-order valence-corrected chi connectivity index (χ2v) is 10.7. The largest absolute Gasteiger partial charge is 0.441 e. The minimum Gasteiger partial charge on any atom is -0.408 e. The van der Waals surface area contributed by atoms with Crippen molar-refractivity contribution >= 4 is 22.7 Å². The third kappa shape index (κ3) is 6.29. The van der Waals surface area contributed by atoms with Gasteiger partial charge in [0, 0.05) is 19.6 Å². The van der Waals surface area contributed by atoms with Gasteiger partial charge in [0.05, 0.1) is 11.5 Å². The maximum absolute atomic E-state index is 13.6. The van der Waals surface area contributed by atoms with Gasteiger partial charge in [0.25, 0.3) is 0 Å². The van der Waals surface area contributed by atoms with Gasteiger partial charge >= 0.3 is 5.76 Å². The summed E-state index contributed by atoms with van der Waals surface area (Å²) in [7, 11) is 0. The number of nitrogens with zero attached hydrogens (tertiary/aromatic N) is 3. The van der Waals surface area contributed by atoms with Crippen molar-refractivity contribution in [1.29, 1.82) is 5.26 Å². The number of nitriles is 1. The van der Waals surface area contributed by atoms with Gasteiger partial charge in [0.15, 0.2) is 0 Å². The van der Waals surface area contributed by atoms with Crippen molar-refractivity contribution in [1.82, 2.24) is 15.2 Å². The zero-order valence-electron chi connectivity index (χ0n) is 21.1. The molecule has 2 heterocycles. The normalized spacial score (nSPS) is 16.7. The van der Waals surface area contributed by atoms with Crippen molar-refractivity contribution in [3.8, 4) is 6.07 Å². The zero-order chi connectivity index (χ0) is 25.8. The molecule has 1 atom stereocenters. The number of anilines is 1. The summed E-state index contributed by atoms with van der Waals surface area (Å²) < 4.78 is 5.20. The molecular weight excluding hydrogens is 454 g/mol. The number of carbonyl (C=O) groups is 1. The van der Waals surface area contributed by atoms with Gasteiger partial charge in [-0.05, 0) is 42.4 Å². The van der Waals surface area contributed by atoms with E-state index in [9.17, 15) is 14.9 Å². The van der Waals surface area contributed by atoms with E-state index < -0.39 is 17.3 Å². The highest BCUT2D eigenvalue weighted by Crippen LogP contribution is 2.28. The van der Waals surface area contributed by atoms with Crippen molar-refractivity contribution in [3.63, 3.8) is 0 Å². The third-order valence-electron chi connectivity index (χ3n) is 6.52. The summed E-state index contributed by atoms with van der Waals surface area (Å²) in [6.07, 6.45) is 1.57. The number of fused-ring (bicyclic) bond motifs is 1. The number of hydrogen-bond acceptors (Lipinski definition) is 7. The average Bonchev–Trinajstić information content (AvgIpc) is 2.84. The third-order valence-corrected chi connectivity index (χ3v) is 6.52. The molecule has 1 amide bonds. The Morgan fingerprint density at radius 1 is 1.14 bits per heavy atom. The first kappa shape index (κ1) is 25.4. The van der Waals surface area contributed by atoms with Crippen LogP contribution in [0.2, 0.25) is 0 Å². The van der Waals surface area contributed by atoms with Gasteiger partial charge in [-0.15, -0.1) is 0 Å². The van der Waals surface area contributed by atoms with Crippen molar-refractivity contribution < 1.29 is 9.21 Å². The summed E-state index contributed by atoms with van der Waals surface area (Å²) in [6.45, 7) is 8.38. The summed E-state index contributed by atoms with van der Waals surface area (Å²) in [5.41, 5.74) is 0.498. The fourth-order valence-electron chi connectivity index (χ4n) is 4.64. The second-order valence-electron chi connectivity index (χ2n) is 10.7. The number of likely N-dealkylation sites (tertiary alicyclic amines) is 1. The topological polar surface area (TPSA) is 111 Å². The lowest BCUT2D eigenvalue weighted by Gasteiger charge is -2.39. The van der Waals surface area contributed by atoms with Crippen molar-refractivity contribution in [2.45, 2.75) is 58.2 Å². The van der Waals surface area contributed by atoms with Crippen molar-refractivity contribution in [2.24, 2.45) is 5.41 Å². The minimum atomic E-state index is -0.937. The maximum Gasteiger partial charge on any atom is 0.441 e. The molecule has 0 radical (unpaired) electrons. The predicted molar refractivity (Wildman–Crippen MR) is 139 cm³/mol. The number of nitrogens with one attached hydrogen (secondary N) is 2. The summed E-state index contributed by atoms with van der Waals surface area (Å²) in [5.74, 6) is -0.706. The lowest BCUT2D eigenvalue weighted by atomic mass is 9.85. The molecule has 1 aliphatic heterocycles. The van der Waals surface area contributed by atoms with E-state index in [2.05, 4.69) is 38.7 Å². The molecule has 2 N–H and O–H groups in total. The van der Waals surface area contributed by atoms with Crippen LogP contribution in [0.1, 0.15) is 45.6 Å². The van der Waals surface area contributed by atoms with E-state index in [0.717, 1.165) is 6.54 Å². The monoisotopic (exact) mass is 487 g/mol. The van der Waals surface area contributed by atoms with Gasteiger partial charge in [0.1, 0.15) is 23.0 Å². The van der Waals surface area contributed by atoms with Gasteiger partial charge in [0.2, 0.25) is 5.91 Å². The highest BCUT2D eigenvalue weighted by Gasteiger charge is 2.38. The molecule has 0 saturated carbocycles. The van der Waals surface area contributed by atoms with E-state index >= 15 is 0 Å². The van der Waals surface area contributed by atoms with E-state index in [1.165, 1.54) is 5.56 Å². The minimum absolute atomic E-state index is 0.191. The molecule has 1 fully saturated rings. The Hall–Kier alpha value is -3.70. The average molecular weight is 488 g/mol. The molecule has 0 spiro atoms. The summed E-state index contributed by atoms with van der Waals surface area (Å²) in [5, 5.41) is 16.9. The van der Waals surface area contributed by atoms with Gasteiger partial charge in [-0.3, -0.25) is 9.69 Å². The number of benzene rings is 2. The first-order valence-electron chi connectivity index (χ1n) is 12.3. The Labute approximate surface area is 211 Å². The first-order chi connectivity index (χ1) is 17.2. The molecular formula is C28H33N5O3. The number of rotatable bonds is 7. The molecule has 1 aliphatic rings. The molecule has 2 aromatic carbocycles. The molecule has 0 bridgehead atoms. The number of para-hydroxylation sites is 1. The highest BCUT2D eigenvalue weighted by atomic mass is 16.4. The molecule has 188 valence electrons. The molecule has 36 heavy (non-hydrogen) atoms. The molecule has 1 saturated heterocycles. The SMILES string of the molecule is CC(C)(C)C[C@H](Nc1nc(=O)oc2ccccc12)C(=O)NC1(C#N)CCN(Cc2ccccc2)CC1. The van der Waals surface area contributed by atoms with E-state index in [4.69, 9.17) is 4.42 Å². The standard InChI is InChI=1S/C28H33N5O3/c1-27(2,3)17-22(30-24-21-11-7-8-12-23(21)36-26(35)31-24)25(34)32-28(19-29)13-15-33(16-14-28)18-20-9-5-4-6-10-20/h4-12,22H,13-18H2,1-3H3,(H,32,34)(H,30,31,35)/t22-/m0/s1. The van der Waals surface area contributed by atoms with Crippen molar-refractivity contribution in [2.75, 3.05) is 18.4 Å². The fourth-order valence-corrected chi connectivity index (χ4v) is 4.64. The molecule has 1 aromatic heterocycles. The van der Waals surface area contributed by atoms with Gasteiger partial charge < -0.3 is 15.1 Å². The smallest absolute Gasteiger partial charge is 0.408 e. The second kappa shape index (κ2) is 10.5. The van der Waals surface area contributed by atoms with Crippen molar-refractivity contribution in [3.05, 3.63) is 70.7 Å². The Balaban J connectivity index is 1.50. The first-order valence-corrected chi connectivity index (χ1v) is 12.3. The van der Waals surface area contributed by atoms with Gasteiger partial charge in [-0.1, -0.05) is 63.2 Å². The number of piperidine rings is 1. The molecule has 3 aromatic rings.